The number of piperidine rings is 1. The van der Waals surface area contributed by atoms with Gasteiger partial charge in [-0.25, -0.2) is 9.37 Å². The van der Waals surface area contributed by atoms with E-state index in [1.165, 1.54) is 11.6 Å². The molecule has 0 amide bonds. The van der Waals surface area contributed by atoms with Crippen molar-refractivity contribution >= 4 is 5.82 Å². The monoisotopic (exact) mass is 371 g/mol. The summed E-state index contributed by atoms with van der Waals surface area (Å²) in [7, 11) is 1.94. The molecule has 1 fully saturated rings. The molecule has 1 spiro atoms. The van der Waals surface area contributed by atoms with Gasteiger partial charge in [0.05, 0.1) is 18.8 Å². The average Bonchev–Trinajstić information content (AvgIpc) is 2.92. The van der Waals surface area contributed by atoms with Crippen molar-refractivity contribution in [2.45, 2.75) is 30.4 Å². The summed E-state index contributed by atoms with van der Waals surface area (Å²) in [6, 6.07) is 11.1. The highest BCUT2D eigenvalue weighted by Gasteiger charge is 2.53. The molecule has 1 aliphatic heterocycles. The van der Waals surface area contributed by atoms with Gasteiger partial charge in [0.2, 0.25) is 0 Å². The van der Waals surface area contributed by atoms with E-state index in [1.54, 1.807) is 12.3 Å². The van der Waals surface area contributed by atoms with Crippen molar-refractivity contribution in [2.24, 2.45) is 0 Å². The van der Waals surface area contributed by atoms with E-state index in [4.69, 9.17) is 0 Å². The summed E-state index contributed by atoms with van der Waals surface area (Å²) in [6.07, 6.45) is 2.54. The van der Waals surface area contributed by atoms with Crippen LogP contribution in [0.1, 0.15) is 30.0 Å². The second kappa shape index (κ2) is 7.19. The molecule has 27 heavy (non-hydrogen) atoms. The molecule has 4 rings (SSSR count). The SMILES string of the molecule is CN(CCO)[C@@H]1c2ccccc2C2(CCN(c3ncccc3F)CC2)[C@H]1O. The fourth-order valence-electron chi connectivity index (χ4n) is 4.91. The third-order valence-corrected chi connectivity index (χ3v) is 6.30. The molecule has 1 aromatic heterocycles. The Hall–Kier alpha value is -2.02. The lowest BCUT2D eigenvalue weighted by molar-refractivity contribution is 0.00485. The second-order valence-corrected chi connectivity index (χ2v) is 7.63. The first kappa shape index (κ1) is 18.3. The molecule has 0 unspecified atom stereocenters. The predicted molar refractivity (Wildman–Crippen MR) is 102 cm³/mol. The summed E-state index contributed by atoms with van der Waals surface area (Å²) in [6.45, 7) is 1.87. The topological polar surface area (TPSA) is 59.8 Å². The largest absolute Gasteiger partial charge is 0.395 e. The number of likely N-dealkylation sites (N-methyl/N-ethyl adjacent to an activating group) is 1. The van der Waals surface area contributed by atoms with Crippen LogP contribution in [-0.2, 0) is 5.41 Å². The van der Waals surface area contributed by atoms with Crippen LogP contribution in [0.15, 0.2) is 42.6 Å². The number of nitrogens with zero attached hydrogens (tertiary/aromatic N) is 3. The summed E-state index contributed by atoms with van der Waals surface area (Å²) in [5.41, 5.74) is 1.99. The number of anilines is 1. The zero-order chi connectivity index (χ0) is 19.0. The highest BCUT2D eigenvalue weighted by atomic mass is 19.1. The van der Waals surface area contributed by atoms with Gasteiger partial charge in [-0.2, -0.15) is 0 Å². The Kier molecular flexibility index (Phi) is 4.88. The Morgan fingerprint density at radius 3 is 2.67 bits per heavy atom. The van der Waals surface area contributed by atoms with Crippen LogP contribution in [0.4, 0.5) is 10.2 Å². The molecule has 5 nitrogen and oxygen atoms in total. The Morgan fingerprint density at radius 2 is 1.96 bits per heavy atom. The number of rotatable bonds is 4. The maximum atomic E-state index is 14.1. The summed E-state index contributed by atoms with van der Waals surface area (Å²) in [4.78, 5) is 8.20. The van der Waals surface area contributed by atoms with Crippen molar-refractivity contribution < 1.29 is 14.6 Å². The molecule has 0 bridgehead atoms. The zero-order valence-corrected chi connectivity index (χ0v) is 15.6. The maximum Gasteiger partial charge on any atom is 0.165 e. The number of hydrogen-bond donors (Lipinski definition) is 2. The number of aromatic nitrogens is 1. The molecule has 1 saturated heterocycles. The number of halogens is 1. The molecule has 144 valence electrons. The van der Waals surface area contributed by atoms with Gasteiger partial charge in [0, 0.05) is 31.2 Å². The van der Waals surface area contributed by atoms with Crippen molar-refractivity contribution in [3.05, 3.63) is 59.5 Å². The van der Waals surface area contributed by atoms with E-state index in [-0.39, 0.29) is 23.9 Å². The van der Waals surface area contributed by atoms with Crippen LogP contribution in [-0.4, -0.2) is 59.5 Å². The van der Waals surface area contributed by atoms with Gasteiger partial charge in [-0.3, -0.25) is 4.90 Å². The van der Waals surface area contributed by atoms with E-state index >= 15 is 0 Å². The molecule has 0 saturated carbocycles. The summed E-state index contributed by atoms with van der Waals surface area (Å²) >= 11 is 0. The Labute approximate surface area is 159 Å². The van der Waals surface area contributed by atoms with E-state index in [0.717, 1.165) is 18.4 Å². The van der Waals surface area contributed by atoms with Gasteiger partial charge in [-0.1, -0.05) is 24.3 Å². The second-order valence-electron chi connectivity index (χ2n) is 7.63. The summed E-state index contributed by atoms with van der Waals surface area (Å²) in [5, 5.41) is 20.7. The Bertz CT molecular complexity index is 808. The van der Waals surface area contributed by atoms with Gasteiger partial charge < -0.3 is 15.1 Å². The fraction of sp³-hybridized carbons (Fsp3) is 0.476. The molecular formula is C21H26FN3O2. The van der Waals surface area contributed by atoms with Crippen molar-refractivity contribution in [1.29, 1.82) is 0 Å². The zero-order valence-electron chi connectivity index (χ0n) is 15.6. The molecule has 2 heterocycles. The Balaban J connectivity index is 1.63. The number of pyridine rings is 1. The molecule has 2 aromatic rings. The predicted octanol–water partition coefficient (Wildman–Crippen LogP) is 2.10. The third-order valence-electron chi connectivity index (χ3n) is 6.30. The van der Waals surface area contributed by atoms with Crippen LogP contribution >= 0.6 is 0 Å². The smallest absolute Gasteiger partial charge is 0.165 e. The highest BCUT2D eigenvalue weighted by molar-refractivity contribution is 5.48. The molecule has 1 aromatic carbocycles. The van der Waals surface area contributed by atoms with Crippen LogP contribution in [0.3, 0.4) is 0 Å². The number of aliphatic hydroxyl groups is 2. The van der Waals surface area contributed by atoms with E-state index in [0.29, 0.717) is 25.5 Å². The number of benzene rings is 1. The minimum absolute atomic E-state index is 0.0572. The Morgan fingerprint density at radius 1 is 1.22 bits per heavy atom. The lowest BCUT2D eigenvalue weighted by Gasteiger charge is -2.44. The van der Waals surface area contributed by atoms with Crippen LogP contribution in [0, 0.1) is 5.82 Å². The quantitative estimate of drug-likeness (QED) is 0.862. The first-order valence-corrected chi connectivity index (χ1v) is 9.52. The molecule has 2 aliphatic rings. The maximum absolute atomic E-state index is 14.1. The summed E-state index contributed by atoms with van der Waals surface area (Å²) in [5.74, 6) is 0.0865. The minimum atomic E-state index is -0.554. The minimum Gasteiger partial charge on any atom is -0.395 e. The summed E-state index contributed by atoms with van der Waals surface area (Å²) < 4.78 is 14.1. The van der Waals surface area contributed by atoms with Gasteiger partial charge in [0.15, 0.2) is 11.6 Å². The van der Waals surface area contributed by atoms with E-state index in [2.05, 4.69) is 17.1 Å². The number of aliphatic hydroxyl groups excluding tert-OH is 2. The van der Waals surface area contributed by atoms with E-state index in [9.17, 15) is 14.6 Å². The first-order chi connectivity index (χ1) is 13.1. The van der Waals surface area contributed by atoms with Crippen molar-refractivity contribution in [2.75, 3.05) is 38.2 Å². The van der Waals surface area contributed by atoms with Crippen LogP contribution < -0.4 is 4.90 Å². The lowest BCUT2D eigenvalue weighted by atomic mass is 9.72. The average molecular weight is 371 g/mol. The lowest BCUT2D eigenvalue weighted by Crippen LogP contribution is -2.50. The van der Waals surface area contributed by atoms with Crippen molar-refractivity contribution in [3.63, 3.8) is 0 Å². The van der Waals surface area contributed by atoms with E-state index in [1.807, 2.05) is 29.0 Å². The standard InChI is InChI=1S/C21H26FN3O2/c1-24(13-14-26)18-15-5-2-3-6-16(15)21(19(18)27)8-11-25(12-9-21)20-17(22)7-4-10-23-20/h2-7,10,18-19,26-27H,8-9,11-14H2,1H3/t18-,19+/m1/s1. The molecule has 0 radical (unpaired) electrons. The molecule has 6 heteroatoms. The van der Waals surface area contributed by atoms with Gasteiger partial charge in [0.25, 0.3) is 0 Å². The normalized spacial score (nSPS) is 23.8. The van der Waals surface area contributed by atoms with Crippen LogP contribution in [0.5, 0.6) is 0 Å². The van der Waals surface area contributed by atoms with Crippen molar-refractivity contribution in [1.82, 2.24) is 9.88 Å². The first-order valence-electron chi connectivity index (χ1n) is 9.52. The molecule has 1 aliphatic carbocycles. The molecule has 2 N–H and O–H groups in total. The number of hydrogen-bond acceptors (Lipinski definition) is 5. The van der Waals surface area contributed by atoms with Crippen LogP contribution in [0.25, 0.3) is 0 Å². The van der Waals surface area contributed by atoms with Crippen LogP contribution in [0.2, 0.25) is 0 Å². The van der Waals surface area contributed by atoms with Gasteiger partial charge >= 0.3 is 0 Å². The highest BCUT2D eigenvalue weighted by Crippen LogP contribution is 2.52. The molecular weight excluding hydrogens is 345 g/mol. The van der Waals surface area contributed by atoms with Gasteiger partial charge in [-0.05, 0) is 43.1 Å². The van der Waals surface area contributed by atoms with Crippen molar-refractivity contribution in [3.8, 4) is 0 Å². The van der Waals surface area contributed by atoms with E-state index < -0.39 is 6.10 Å². The molecule has 2 atom stereocenters. The van der Waals surface area contributed by atoms with Gasteiger partial charge in [0.1, 0.15) is 0 Å². The fourth-order valence-corrected chi connectivity index (χ4v) is 4.91. The third kappa shape index (κ3) is 2.92. The number of fused-ring (bicyclic) bond motifs is 2. The van der Waals surface area contributed by atoms with Gasteiger partial charge in [-0.15, -0.1) is 0 Å².